The van der Waals surface area contributed by atoms with Crippen molar-refractivity contribution in [1.29, 1.82) is 0 Å². The first-order valence-electron chi connectivity index (χ1n) is 6.48. The molecule has 2 fully saturated rings. The van der Waals surface area contributed by atoms with Crippen LogP contribution in [0.1, 0.15) is 12.8 Å². The lowest BCUT2D eigenvalue weighted by Gasteiger charge is -2.23. The summed E-state index contributed by atoms with van der Waals surface area (Å²) < 4.78 is 5.08. The average Bonchev–Trinajstić information content (AvgIpc) is 2.97. The molecular weight excluding hydrogens is 282 g/mol. The van der Waals surface area contributed by atoms with Crippen LogP contribution in [0.3, 0.4) is 0 Å². The highest BCUT2D eigenvalue weighted by molar-refractivity contribution is 6.06. The van der Waals surface area contributed by atoms with E-state index in [1.807, 2.05) is 0 Å². The number of rotatable bonds is 3. The number of carbonyl (C=O) groups excluding carboxylic acids is 3. The first-order valence-corrected chi connectivity index (χ1v) is 6.48. The number of likely N-dealkylation sites (tertiary alicyclic amines) is 2. The van der Waals surface area contributed by atoms with Crippen molar-refractivity contribution < 1.29 is 29.0 Å². The maximum Gasteiger partial charge on any atom is 0.326 e. The molecule has 9 nitrogen and oxygen atoms in total. The fourth-order valence-electron chi connectivity index (χ4n) is 2.53. The summed E-state index contributed by atoms with van der Waals surface area (Å²) in [5.74, 6) is -2.00. The summed E-state index contributed by atoms with van der Waals surface area (Å²) >= 11 is 0. The third kappa shape index (κ3) is 2.82. The van der Waals surface area contributed by atoms with E-state index < -0.39 is 30.0 Å². The molecule has 0 aromatic heterocycles. The highest BCUT2D eigenvalue weighted by Gasteiger charge is 2.43. The zero-order valence-corrected chi connectivity index (χ0v) is 11.7. The molecule has 0 radical (unpaired) electrons. The van der Waals surface area contributed by atoms with E-state index in [2.05, 4.69) is 5.32 Å². The van der Waals surface area contributed by atoms with E-state index in [1.54, 1.807) is 0 Å². The highest BCUT2D eigenvalue weighted by Crippen LogP contribution is 2.21. The normalized spacial score (nSPS) is 29.1. The first kappa shape index (κ1) is 15.2. The van der Waals surface area contributed by atoms with Crippen molar-refractivity contribution in [2.45, 2.75) is 31.0 Å². The number of carboxylic acids is 1. The summed E-state index contributed by atoms with van der Waals surface area (Å²) in [5.41, 5.74) is 0. The zero-order chi connectivity index (χ0) is 15.7. The topological polar surface area (TPSA) is 116 Å². The van der Waals surface area contributed by atoms with Gasteiger partial charge in [0.2, 0.25) is 5.91 Å². The van der Waals surface area contributed by atoms with Gasteiger partial charge >= 0.3 is 12.0 Å². The zero-order valence-electron chi connectivity index (χ0n) is 11.7. The van der Waals surface area contributed by atoms with E-state index in [0.29, 0.717) is 0 Å². The highest BCUT2D eigenvalue weighted by atomic mass is 16.5. The molecule has 2 saturated heterocycles. The molecule has 0 saturated carbocycles. The van der Waals surface area contributed by atoms with Gasteiger partial charge in [-0.25, -0.2) is 9.59 Å². The standard InChI is InChI=1S/C12H17N3O6/c1-14-9(16)4-7(10(14)17)13-12(20)15-5-6(21-2)3-8(15)11(18)19/h6-8H,3-5H2,1-2H3,(H,13,20)(H,18,19). The Morgan fingerprint density at radius 3 is 2.52 bits per heavy atom. The predicted octanol–water partition coefficient (Wildman–Crippen LogP) is -1.37. The van der Waals surface area contributed by atoms with E-state index in [1.165, 1.54) is 14.2 Å². The number of imide groups is 1. The molecule has 21 heavy (non-hydrogen) atoms. The van der Waals surface area contributed by atoms with Gasteiger partial charge in [-0.1, -0.05) is 0 Å². The minimum atomic E-state index is -1.13. The van der Waals surface area contributed by atoms with E-state index in [-0.39, 0.29) is 31.4 Å². The van der Waals surface area contributed by atoms with Crippen LogP contribution in [0, 0.1) is 0 Å². The van der Waals surface area contributed by atoms with Crippen molar-refractivity contribution in [3.63, 3.8) is 0 Å². The van der Waals surface area contributed by atoms with Gasteiger partial charge in [-0.3, -0.25) is 14.5 Å². The van der Waals surface area contributed by atoms with Crippen molar-refractivity contribution in [2.24, 2.45) is 0 Å². The molecule has 2 aliphatic rings. The molecule has 0 aliphatic carbocycles. The van der Waals surface area contributed by atoms with Crippen molar-refractivity contribution >= 4 is 23.8 Å². The number of urea groups is 1. The number of aliphatic carboxylic acids is 1. The van der Waals surface area contributed by atoms with Crippen LogP contribution in [-0.2, 0) is 19.1 Å². The number of hydrogen-bond donors (Lipinski definition) is 2. The van der Waals surface area contributed by atoms with Gasteiger partial charge in [0.1, 0.15) is 12.1 Å². The molecule has 0 aromatic carbocycles. The second-order valence-corrected chi connectivity index (χ2v) is 5.10. The largest absolute Gasteiger partial charge is 0.480 e. The number of carboxylic acid groups (broad SMARTS) is 1. The molecule has 2 N–H and O–H groups in total. The maximum absolute atomic E-state index is 12.2. The summed E-state index contributed by atoms with van der Waals surface area (Å²) in [7, 11) is 2.78. The van der Waals surface area contributed by atoms with Gasteiger partial charge in [-0.05, 0) is 0 Å². The number of methoxy groups -OCH3 is 1. The summed E-state index contributed by atoms with van der Waals surface area (Å²) in [6, 6.07) is -2.62. The molecule has 3 unspecified atom stereocenters. The summed E-state index contributed by atoms with van der Waals surface area (Å²) in [5, 5.41) is 11.6. The Morgan fingerprint density at radius 2 is 2.05 bits per heavy atom. The first-order chi connectivity index (χ1) is 9.85. The van der Waals surface area contributed by atoms with Crippen molar-refractivity contribution in [3.05, 3.63) is 0 Å². The van der Waals surface area contributed by atoms with Crippen LogP contribution < -0.4 is 5.32 Å². The van der Waals surface area contributed by atoms with Crippen molar-refractivity contribution in [2.75, 3.05) is 20.7 Å². The molecular formula is C12H17N3O6. The Kier molecular flexibility index (Phi) is 4.12. The van der Waals surface area contributed by atoms with Crippen LogP contribution in [0.25, 0.3) is 0 Å². The van der Waals surface area contributed by atoms with Crippen LogP contribution in [0.4, 0.5) is 4.79 Å². The van der Waals surface area contributed by atoms with Gasteiger partial charge in [0.15, 0.2) is 0 Å². The summed E-state index contributed by atoms with van der Waals surface area (Å²) in [6.07, 6.45) is -0.280. The number of hydrogen-bond acceptors (Lipinski definition) is 5. The second kappa shape index (κ2) is 5.68. The predicted molar refractivity (Wildman–Crippen MR) is 68.3 cm³/mol. The number of nitrogens with zero attached hydrogens (tertiary/aromatic N) is 2. The Labute approximate surface area is 120 Å². The van der Waals surface area contributed by atoms with Crippen LogP contribution >= 0.6 is 0 Å². The molecule has 0 aromatic rings. The number of ether oxygens (including phenoxy) is 1. The fourth-order valence-corrected chi connectivity index (χ4v) is 2.53. The van der Waals surface area contributed by atoms with Gasteiger partial charge < -0.3 is 20.1 Å². The maximum atomic E-state index is 12.2. The van der Waals surface area contributed by atoms with Crippen LogP contribution in [-0.4, -0.2) is 77.6 Å². The van der Waals surface area contributed by atoms with Gasteiger partial charge in [-0.15, -0.1) is 0 Å². The van der Waals surface area contributed by atoms with Crippen LogP contribution in [0.15, 0.2) is 0 Å². The Bertz CT molecular complexity index is 493. The van der Waals surface area contributed by atoms with E-state index in [4.69, 9.17) is 9.84 Å². The number of carbonyl (C=O) groups is 4. The van der Waals surface area contributed by atoms with Crippen molar-refractivity contribution in [3.8, 4) is 0 Å². The lowest BCUT2D eigenvalue weighted by molar-refractivity contribution is -0.141. The van der Waals surface area contributed by atoms with Crippen molar-refractivity contribution in [1.82, 2.24) is 15.1 Å². The number of amides is 4. The third-order valence-electron chi connectivity index (χ3n) is 3.82. The Hall–Kier alpha value is -2.16. The van der Waals surface area contributed by atoms with Crippen LogP contribution in [0.2, 0.25) is 0 Å². The van der Waals surface area contributed by atoms with Gasteiger partial charge in [0.05, 0.1) is 12.5 Å². The minimum Gasteiger partial charge on any atom is -0.480 e. The number of nitrogens with one attached hydrogen (secondary N) is 1. The van der Waals surface area contributed by atoms with E-state index in [0.717, 1.165) is 9.80 Å². The van der Waals surface area contributed by atoms with Crippen LogP contribution in [0.5, 0.6) is 0 Å². The Balaban J connectivity index is 2.04. The fraction of sp³-hybridized carbons (Fsp3) is 0.667. The molecule has 2 heterocycles. The minimum absolute atomic E-state index is 0.111. The molecule has 0 spiro atoms. The molecule has 9 heteroatoms. The molecule has 2 aliphatic heterocycles. The van der Waals surface area contributed by atoms with Gasteiger partial charge in [0.25, 0.3) is 5.91 Å². The molecule has 116 valence electrons. The lowest BCUT2D eigenvalue weighted by atomic mass is 10.2. The average molecular weight is 299 g/mol. The quantitative estimate of drug-likeness (QED) is 0.621. The second-order valence-electron chi connectivity index (χ2n) is 5.10. The van der Waals surface area contributed by atoms with Gasteiger partial charge in [0, 0.05) is 27.1 Å². The number of likely N-dealkylation sites (N-methyl/N-ethyl adjacent to an activating group) is 1. The third-order valence-corrected chi connectivity index (χ3v) is 3.82. The Morgan fingerprint density at radius 1 is 1.38 bits per heavy atom. The molecule has 0 bridgehead atoms. The summed E-state index contributed by atoms with van der Waals surface area (Å²) in [4.78, 5) is 48.5. The SMILES string of the molecule is COC1CC(C(=O)O)N(C(=O)NC2CC(=O)N(C)C2=O)C1. The van der Waals surface area contributed by atoms with E-state index in [9.17, 15) is 19.2 Å². The molecule has 4 amide bonds. The van der Waals surface area contributed by atoms with E-state index >= 15 is 0 Å². The lowest BCUT2D eigenvalue weighted by Crippen LogP contribution is -2.51. The molecule has 3 atom stereocenters. The van der Waals surface area contributed by atoms with Gasteiger partial charge in [-0.2, -0.15) is 0 Å². The smallest absolute Gasteiger partial charge is 0.326 e. The molecule has 2 rings (SSSR count). The monoisotopic (exact) mass is 299 g/mol. The summed E-state index contributed by atoms with van der Waals surface area (Å²) in [6.45, 7) is 0.129.